The summed E-state index contributed by atoms with van der Waals surface area (Å²) in [6, 6.07) is 7.95. The van der Waals surface area contributed by atoms with Gasteiger partial charge in [-0.2, -0.15) is 0 Å². The molecule has 9 heteroatoms. The number of amides is 2. The third kappa shape index (κ3) is 3.62. The Kier molecular flexibility index (Phi) is 4.46. The summed E-state index contributed by atoms with van der Waals surface area (Å²) in [6.07, 6.45) is 3.87. The highest BCUT2D eigenvalue weighted by molar-refractivity contribution is 5.90. The van der Waals surface area contributed by atoms with Gasteiger partial charge >= 0.3 is 12.2 Å². The number of anilines is 1. The van der Waals surface area contributed by atoms with Crippen LogP contribution in [0.2, 0.25) is 0 Å². The zero-order chi connectivity index (χ0) is 21.8. The minimum Gasteiger partial charge on any atom is -0.447 e. The van der Waals surface area contributed by atoms with E-state index in [1.165, 1.54) is 5.56 Å². The van der Waals surface area contributed by atoms with Crippen molar-refractivity contribution < 1.29 is 19.1 Å². The lowest BCUT2D eigenvalue weighted by molar-refractivity contribution is 0.0270. The van der Waals surface area contributed by atoms with Crippen LogP contribution < -0.4 is 4.90 Å². The number of aromatic nitrogens is 3. The summed E-state index contributed by atoms with van der Waals surface area (Å²) < 4.78 is 12.5. The zero-order valence-corrected chi connectivity index (χ0v) is 18.0. The smallest absolute Gasteiger partial charge is 0.414 e. The Morgan fingerprint density at radius 2 is 2.06 bits per heavy atom. The Morgan fingerprint density at radius 3 is 2.74 bits per heavy atom. The second-order valence-corrected chi connectivity index (χ2v) is 9.69. The van der Waals surface area contributed by atoms with E-state index in [2.05, 4.69) is 22.4 Å². The van der Waals surface area contributed by atoms with Crippen molar-refractivity contribution in [1.82, 2.24) is 19.9 Å². The highest BCUT2D eigenvalue weighted by Crippen LogP contribution is 2.59. The summed E-state index contributed by atoms with van der Waals surface area (Å²) in [5, 5.41) is 7.81. The molecule has 0 N–H and O–H groups in total. The topological polar surface area (TPSA) is 89.8 Å². The number of nitrogens with zero attached hydrogens (tertiary/aromatic N) is 5. The summed E-state index contributed by atoms with van der Waals surface area (Å²) in [4.78, 5) is 28.3. The fourth-order valence-corrected chi connectivity index (χ4v) is 4.81. The molecule has 1 aliphatic carbocycles. The van der Waals surface area contributed by atoms with E-state index in [-0.39, 0.29) is 23.6 Å². The molecule has 3 aliphatic rings. The van der Waals surface area contributed by atoms with Crippen LogP contribution in [0.1, 0.15) is 32.8 Å². The molecule has 1 saturated carbocycles. The molecule has 0 spiro atoms. The van der Waals surface area contributed by atoms with Gasteiger partial charge in [-0.15, -0.1) is 5.10 Å². The molecule has 3 fully saturated rings. The fourth-order valence-electron chi connectivity index (χ4n) is 4.81. The van der Waals surface area contributed by atoms with E-state index in [4.69, 9.17) is 9.47 Å². The number of hydrogen-bond donors (Lipinski definition) is 0. The van der Waals surface area contributed by atoms with Gasteiger partial charge in [-0.3, -0.25) is 9.58 Å². The number of rotatable bonds is 4. The average molecular weight is 425 g/mol. The molecule has 0 radical (unpaired) electrons. The predicted octanol–water partition coefficient (Wildman–Crippen LogP) is 2.81. The van der Waals surface area contributed by atoms with Crippen LogP contribution in [-0.2, 0) is 21.4 Å². The van der Waals surface area contributed by atoms with Crippen molar-refractivity contribution in [2.45, 2.75) is 50.8 Å². The Balaban J connectivity index is 1.29. The number of piperidine rings is 1. The first-order chi connectivity index (χ1) is 14.7. The molecular formula is C22H27N5O4. The first kappa shape index (κ1) is 19.8. The van der Waals surface area contributed by atoms with Gasteiger partial charge in [0.1, 0.15) is 12.2 Å². The SMILES string of the molecule is CC(C)(C)OC(=O)N1CC2CC2(c2ccc(N3C(=O)OCC3Cn3ccnn3)cc2)C1. The second kappa shape index (κ2) is 6.96. The Morgan fingerprint density at radius 1 is 1.29 bits per heavy atom. The monoisotopic (exact) mass is 425 g/mol. The Labute approximate surface area is 180 Å². The number of likely N-dealkylation sites (tertiary alicyclic amines) is 1. The van der Waals surface area contributed by atoms with E-state index in [1.807, 2.05) is 37.8 Å². The number of fused-ring (bicyclic) bond motifs is 1. The number of hydrogen-bond acceptors (Lipinski definition) is 6. The highest BCUT2D eigenvalue weighted by Gasteiger charge is 2.62. The molecule has 3 atom stereocenters. The maximum absolute atomic E-state index is 12.5. The van der Waals surface area contributed by atoms with Crippen molar-refractivity contribution in [2.24, 2.45) is 5.92 Å². The minimum absolute atomic E-state index is 0.00108. The molecule has 5 rings (SSSR count). The van der Waals surface area contributed by atoms with Crippen LogP contribution in [-0.4, -0.2) is 63.4 Å². The quantitative estimate of drug-likeness (QED) is 0.748. The normalized spacial score (nSPS) is 27.3. The molecule has 9 nitrogen and oxygen atoms in total. The van der Waals surface area contributed by atoms with Crippen molar-refractivity contribution in [2.75, 3.05) is 24.6 Å². The zero-order valence-electron chi connectivity index (χ0n) is 18.0. The first-order valence-electron chi connectivity index (χ1n) is 10.6. The van der Waals surface area contributed by atoms with Crippen LogP contribution in [0.5, 0.6) is 0 Å². The van der Waals surface area contributed by atoms with Crippen molar-refractivity contribution in [3.63, 3.8) is 0 Å². The number of benzene rings is 1. The van der Waals surface area contributed by atoms with Crippen molar-refractivity contribution in [1.29, 1.82) is 0 Å². The Hall–Kier alpha value is -3.10. The van der Waals surface area contributed by atoms with Crippen molar-refractivity contribution >= 4 is 17.9 Å². The van der Waals surface area contributed by atoms with Gasteiger partial charge in [-0.05, 0) is 50.8 Å². The Bertz CT molecular complexity index is 984. The molecule has 2 aromatic rings. The van der Waals surface area contributed by atoms with E-state index in [0.717, 1.165) is 18.7 Å². The lowest BCUT2D eigenvalue weighted by atomic mass is 9.94. The molecule has 1 aromatic carbocycles. The van der Waals surface area contributed by atoms with Crippen LogP contribution in [0.15, 0.2) is 36.7 Å². The summed E-state index contributed by atoms with van der Waals surface area (Å²) >= 11 is 0. The van der Waals surface area contributed by atoms with Gasteiger partial charge in [0.25, 0.3) is 0 Å². The average Bonchev–Trinajstić information content (AvgIpc) is 3.11. The molecule has 1 aromatic heterocycles. The fraction of sp³-hybridized carbons (Fsp3) is 0.545. The molecule has 2 aliphatic heterocycles. The van der Waals surface area contributed by atoms with Crippen LogP contribution in [0, 0.1) is 5.92 Å². The van der Waals surface area contributed by atoms with E-state index in [1.54, 1.807) is 22.0 Å². The molecule has 164 valence electrons. The molecule has 2 saturated heterocycles. The van der Waals surface area contributed by atoms with Crippen LogP contribution in [0.25, 0.3) is 0 Å². The molecule has 3 unspecified atom stereocenters. The van der Waals surface area contributed by atoms with Crippen molar-refractivity contribution in [3.05, 3.63) is 42.2 Å². The van der Waals surface area contributed by atoms with Gasteiger partial charge in [0.15, 0.2) is 0 Å². The van der Waals surface area contributed by atoms with Gasteiger partial charge in [0, 0.05) is 30.4 Å². The number of carbonyl (C=O) groups is 2. The lowest BCUT2D eigenvalue weighted by Crippen LogP contribution is -2.38. The first-order valence-corrected chi connectivity index (χ1v) is 10.6. The van der Waals surface area contributed by atoms with E-state index in [0.29, 0.717) is 25.6 Å². The van der Waals surface area contributed by atoms with Gasteiger partial charge in [0.2, 0.25) is 0 Å². The van der Waals surface area contributed by atoms with Crippen LogP contribution >= 0.6 is 0 Å². The second-order valence-electron chi connectivity index (χ2n) is 9.69. The highest BCUT2D eigenvalue weighted by atomic mass is 16.6. The third-order valence-electron chi connectivity index (χ3n) is 6.35. The predicted molar refractivity (Wildman–Crippen MR) is 112 cm³/mol. The maximum atomic E-state index is 12.5. The third-order valence-corrected chi connectivity index (χ3v) is 6.35. The standard InChI is InChI=1S/C22H27N5O4/c1-21(2,3)31-19(28)25-11-16-10-22(16,14-25)15-4-6-17(7-5-15)27-18(13-30-20(27)29)12-26-9-8-23-24-26/h4-9,16,18H,10-14H2,1-3H3. The summed E-state index contributed by atoms with van der Waals surface area (Å²) in [6.45, 7) is 7.89. The van der Waals surface area contributed by atoms with Gasteiger partial charge < -0.3 is 14.4 Å². The molecule has 3 heterocycles. The summed E-state index contributed by atoms with van der Waals surface area (Å²) in [5.74, 6) is 0.461. The van der Waals surface area contributed by atoms with Crippen LogP contribution in [0.4, 0.5) is 15.3 Å². The number of cyclic esters (lactones) is 1. The lowest BCUT2D eigenvalue weighted by Gasteiger charge is -2.26. The van der Waals surface area contributed by atoms with Gasteiger partial charge in [-0.1, -0.05) is 17.3 Å². The molecule has 2 amide bonds. The van der Waals surface area contributed by atoms with Crippen LogP contribution in [0.3, 0.4) is 0 Å². The number of ether oxygens (including phenoxy) is 2. The van der Waals surface area contributed by atoms with E-state index >= 15 is 0 Å². The van der Waals surface area contributed by atoms with Crippen molar-refractivity contribution in [3.8, 4) is 0 Å². The molecule has 31 heavy (non-hydrogen) atoms. The largest absolute Gasteiger partial charge is 0.447 e. The molecule has 0 bridgehead atoms. The van der Waals surface area contributed by atoms with Gasteiger partial charge in [-0.25, -0.2) is 9.59 Å². The summed E-state index contributed by atoms with van der Waals surface area (Å²) in [5.41, 5.74) is 1.51. The minimum atomic E-state index is -0.494. The maximum Gasteiger partial charge on any atom is 0.414 e. The number of carbonyl (C=O) groups excluding carboxylic acids is 2. The summed E-state index contributed by atoms with van der Waals surface area (Å²) in [7, 11) is 0. The van der Waals surface area contributed by atoms with Gasteiger partial charge in [0.05, 0.1) is 18.8 Å². The van der Waals surface area contributed by atoms with E-state index in [9.17, 15) is 9.59 Å². The molecular weight excluding hydrogens is 398 g/mol. The van der Waals surface area contributed by atoms with E-state index < -0.39 is 5.60 Å².